The number of hydrogen-bond acceptors (Lipinski definition) is 6. The van der Waals surface area contributed by atoms with Crippen LogP contribution in [0.25, 0.3) is 0 Å². The second-order valence-electron chi connectivity index (χ2n) is 11.0. The van der Waals surface area contributed by atoms with Crippen LogP contribution in [0.15, 0.2) is 0 Å². The molecule has 1 aliphatic rings. The van der Waals surface area contributed by atoms with Gasteiger partial charge in [0, 0.05) is 24.8 Å². The second-order valence-corrected chi connectivity index (χ2v) is 11.0. The Bertz CT molecular complexity index is 871. The van der Waals surface area contributed by atoms with Crippen molar-refractivity contribution in [2.24, 2.45) is 0 Å². The molecule has 1 aliphatic heterocycles. The first-order chi connectivity index (χ1) is 17.0. The Balaban J connectivity index is 1.60. The molecule has 0 unspecified atom stereocenters. The molecule has 1 aromatic rings. The van der Waals surface area contributed by atoms with Crippen molar-refractivity contribution in [2.45, 2.75) is 131 Å². The van der Waals surface area contributed by atoms with Crippen molar-refractivity contribution in [3.8, 4) is 11.5 Å². The molecule has 6 heteroatoms. The monoisotopic (exact) mass is 504 g/mol. The van der Waals surface area contributed by atoms with Gasteiger partial charge in [-0.2, -0.15) is 0 Å². The van der Waals surface area contributed by atoms with Crippen LogP contribution in [0.1, 0.15) is 114 Å². The van der Waals surface area contributed by atoms with Gasteiger partial charge in [-0.3, -0.25) is 9.59 Å². The largest absolute Gasteiger partial charge is 0.493 e. The molecule has 1 heterocycles. The van der Waals surface area contributed by atoms with Crippen LogP contribution >= 0.6 is 0 Å². The van der Waals surface area contributed by atoms with E-state index >= 15 is 0 Å². The highest BCUT2D eigenvalue weighted by Gasteiger charge is 2.24. The molecule has 0 N–H and O–H groups in total. The highest BCUT2D eigenvalue weighted by Crippen LogP contribution is 2.40. The summed E-state index contributed by atoms with van der Waals surface area (Å²) < 4.78 is 22.9. The minimum Gasteiger partial charge on any atom is -0.493 e. The Hall–Kier alpha value is -2.08. The molecule has 6 nitrogen and oxygen atoms in total. The smallest absolute Gasteiger partial charge is 0.311 e. The summed E-state index contributed by atoms with van der Waals surface area (Å²) in [5.74, 6) is 1.39. The normalized spacial score (nSPS) is 13.3. The molecule has 0 amide bonds. The lowest BCUT2D eigenvalue weighted by molar-refractivity contribution is -0.158. The lowest BCUT2D eigenvalue weighted by Crippen LogP contribution is -2.30. The topological polar surface area (TPSA) is 71.1 Å². The van der Waals surface area contributed by atoms with E-state index in [0.29, 0.717) is 31.6 Å². The highest BCUT2D eigenvalue weighted by molar-refractivity contribution is 5.74. The lowest BCUT2D eigenvalue weighted by atomic mass is 9.93. The van der Waals surface area contributed by atoms with E-state index in [1.54, 1.807) is 0 Å². The van der Waals surface area contributed by atoms with E-state index in [-0.39, 0.29) is 18.0 Å². The predicted molar refractivity (Wildman–Crippen MR) is 143 cm³/mol. The van der Waals surface area contributed by atoms with E-state index in [2.05, 4.69) is 0 Å². The summed E-state index contributed by atoms with van der Waals surface area (Å²) >= 11 is 0. The van der Waals surface area contributed by atoms with Crippen LogP contribution in [0.4, 0.5) is 0 Å². The fourth-order valence-electron chi connectivity index (χ4n) is 4.59. The van der Waals surface area contributed by atoms with E-state index in [9.17, 15) is 9.59 Å². The summed E-state index contributed by atoms with van der Waals surface area (Å²) in [5, 5.41) is 0. The Morgan fingerprint density at radius 2 is 1.50 bits per heavy atom. The highest BCUT2D eigenvalue weighted by atomic mass is 16.6. The number of ether oxygens (including phenoxy) is 4. The van der Waals surface area contributed by atoms with Crippen LogP contribution in [0.5, 0.6) is 11.5 Å². The number of fused-ring (bicyclic) bond motifs is 1. The van der Waals surface area contributed by atoms with E-state index in [1.165, 1.54) is 5.56 Å². The van der Waals surface area contributed by atoms with Gasteiger partial charge < -0.3 is 18.9 Å². The van der Waals surface area contributed by atoms with Gasteiger partial charge in [0.05, 0.1) is 19.3 Å². The van der Waals surface area contributed by atoms with Gasteiger partial charge in [0.15, 0.2) is 0 Å². The Labute approximate surface area is 218 Å². The third-order valence-corrected chi connectivity index (χ3v) is 6.90. The third kappa shape index (κ3) is 9.76. The molecule has 0 spiro atoms. The Morgan fingerprint density at radius 3 is 2.14 bits per heavy atom. The van der Waals surface area contributed by atoms with E-state index < -0.39 is 5.60 Å². The maximum absolute atomic E-state index is 12.5. The minimum atomic E-state index is -0.497. The summed E-state index contributed by atoms with van der Waals surface area (Å²) in [6.07, 6.45) is 9.44. The van der Waals surface area contributed by atoms with Crippen molar-refractivity contribution in [3.63, 3.8) is 0 Å². The van der Waals surface area contributed by atoms with E-state index in [1.807, 2.05) is 48.5 Å². The van der Waals surface area contributed by atoms with Gasteiger partial charge in [-0.15, -0.1) is 0 Å². The number of unbranched alkanes of at least 4 members (excludes halogenated alkanes) is 5. The average molecular weight is 505 g/mol. The van der Waals surface area contributed by atoms with E-state index in [0.717, 1.165) is 80.4 Å². The zero-order valence-corrected chi connectivity index (χ0v) is 23.7. The predicted octanol–water partition coefficient (Wildman–Crippen LogP) is 7.10. The molecule has 36 heavy (non-hydrogen) atoms. The van der Waals surface area contributed by atoms with Crippen LogP contribution in [0, 0.1) is 20.8 Å². The number of rotatable bonds is 15. The Morgan fingerprint density at radius 1 is 0.889 bits per heavy atom. The summed E-state index contributed by atoms with van der Waals surface area (Å²) in [7, 11) is 0. The van der Waals surface area contributed by atoms with Crippen molar-refractivity contribution in [2.75, 3.05) is 13.2 Å². The molecule has 0 aromatic heterocycles. The van der Waals surface area contributed by atoms with Gasteiger partial charge in [-0.25, -0.2) is 0 Å². The van der Waals surface area contributed by atoms with E-state index in [4.69, 9.17) is 18.9 Å². The van der Waals surface area contributed by atoms with Gasteiger partial charge in [-0.1, -0.05) is 25.7 Å². The number of carbonyl (C=O) groups is 2. The van der Waals surface area contributed by atoms with Crippen LogP contribution in [0.2, 0.25) is 0 Å². The quantitative estimate of drug-likeness (QED) is 0.144. The molecule has 0 saturated carbocycles. The molecule has 204 valence electrons. The summed E-state index contributed by atoms with van der Waals surface area (Å²) in [4.78, 5) is 24.6. The first-order valence-corrected chi connectivity index (χ1v) is 13.8. The van der Waals surface area contributed by atoms with Crippen LogP contribution in [0.3, 0.4) is 0 Å². The van der Waals surface area contributed by atoms with Crippen molar-refractivity contribution < 1.29 is 28.5 Å². The van der Waals surface area contributed by atoms with Crippen molar-refractivity contribution in [1.29, 1.82) is 0 Å². The second kappa shape index (κ2) is 14.6. The molecule has 0 atom stereocenters. The number of benzene rings is 1. The summed E-state index contributed by atoms with van der Waals surface area (Å²) in [5.41, 5.74) is 3.79. The van der Waals surface area contributed by atoms with Gasteiger partial charge in [-0.05, 0) is 90.8 Å². The molecule has 0 bridgehead atoms. The standard InChI is InChI=1S/C30H48O6/c1-21(2)33-20-18-30(6,7)36-27(32)17-13-11-9-8-10-12-16-26(31)35-28-22(3)23(4)29-25(24(28)5)15-14-19-34-29/h21H,8-20H2,1-7H3. The number of esters is 2. The first kappa shape index (κ1) is 30.1. The number of carbonyl (C=O) groups excluding carboxylic acids is 2. The zero-order valence-electron chi connectivity index (χ0n) is 23.7. The average Bonchev–Trinajstić information content (AvgIpc) is 2.81. The summed E-state index contributed by atoms with van der Waals surface area (Å²) in [6, 6.07) is 0. The Kier molecular flexibility index (Phi) is 12.2. The maximum atomic E-state index is 12.5. The van der Waals surface area contributed by atoms with Crippen LogP contribution in [-0.4, -0.2) is 36.9 Å². The van der Waals surface area contributed by atoms with Gasteiger partial charge >= 0.3 is 11.9 Å². The molecule has 2 rings (SSSR count). The molecule has 0 saturated heterocycles. The fraction of sp³-hybridized carbons (Fsp3) is 0.733. The molecular weight excluding hydrogens is 456 g/mol. The van der Waals surface area contributed by atoms with Gasteiger partial charge in [0.25, 0.3) is 0 Å². The molecule has 0 fully saturated rings. The number of hydrogen-bond donors (Lipinski definition) is 0. The van der Waals surface area contributed by atoms with Crippen LogP contribution in [-0.2, 0) is 25.5 Å². The molecule has 1 aromatic carbocycles. The third-order valence-electron chi connectivity index (χ3n) is 6.90. The van der Waals surface area contributed by atoms with Gasteiger partial charge in [0.2, 0.25) is 0 Å². The lowest BCUT2D eigenvalue weighted by Gasteiger charge is -2.25. The zero-order chi connectivity index (χ0) is 26.7. The van der Waals surface area contributed by atoms with Crippen molar-refractivity contribution in [1.82, 2.24) is 0 Å². The van der Waals surface area contributed by atoms with Gasteiger partial charge in [0.1, 0.15) is 17.1 Å². The maximum Gasteiger partial charge on any atom is 0.311 e. The summed E-state index contributed by atoms with van der Waals surface area (Å²) in [6.45, 7) is 15.3. The van der Waals surface area contributed by atoms with Crippen LogP contribution < -0.4 is 9.47 Å². The fourth-order valence-corrected chi connectivity index (χ4v) is 4.59. The minimum absolute atomic E-state index is 0.137. The van der Waals surface area contributed by atoms with Crippen molar-refractivity contribution in [3.05, 3.63) is 22.3 Å². The molecule has 0 aliphatic carbocycles. The van der Waals surface area contributed by atoms with Crippen molar-refractivity contribution >= 4 is 11.9 Å². The first-order valence-electron chi connectivity index (χ1n) is 13.8. The molecular formula is C30H48O6. The SMILES string of the molecule is Cc1c(C)c2c(c(C)c1OC(=O)CCCCCCCCC(=O)OC(C)(C)CCOC(C)C)CCCO2. The molecule has 0 radical (unpaired) electrons.